The second-order valence-electron chi connectivity index (χ2n) is 3.23. The summed E-state index contributed by atoms with van der Waals surface area (Å²) in [5.74, 6) is 0.275. The van der Waals surface area contributed by atoms with Crippen molar-refractivity contribution in [1.29, 1.82) is 0 Å². The first-order chi connectivity index (χ1) is 5.63. The maximum Gasteiger partial charge on any atom is 0.0556 e. The lowest BCUT2D eigenvalue weighted by Crippen LogP contribution is -2.46. The number of nitrogens with one attached hydrogen (secondary N) is 1. The molecule has 4 heteroatoms. The van der Waals surface area contributed by atoms with E-state index in [-0.39, 0.29) is 24.6 Å². The zero-order chi connectivity index (χ0) is 9.56. The second-order valence-corrected chi connectivity index (χ2v) is 3.23. The topological polar surface area (TPSA) is 84.3 Å². The van der Waals surface area contributed by atoms with Gasteiger partial charge in [0.1, 0.15) is 0 Å². The molecule has 4 nitrogen and oxygen atoms in total. The van der Waals surface area contributed by atoms with E-state index in [1.165, 1.54) is 0 Å². The summed E-state index contributed by atoms with van der Waals surface area (Å²) < 4.78 is 0. The molecule has 0 saturated carbocycles. The van der Waals surface area contributed by atoms with Crippen molar-refractivity contribution in [2.24, 2.45) is 17.4 Å². The van der Waals surface area contributed by atoms with Gasteiger partial charge in [0.15, 0.2) is 0 Å². The lowest BCUT2D eigenvalue weighted by atomic mass is 9.94. The molecule has 12 heavy (non-hydrogen) atoms. The molecule has 74 valence electrons. The Labute approximate surface area is 74.3 Å². The fraction of sp³-hybridized carbons (Fsp3) is 1.00. The minimum atomic E-state index is 0.0937. The van der Waals surface area contributed by atoms with Crippen LogP contribution in [0.5, 0.6) is 0 Å². The van der Waals surface area contributed by atoms with Gasteiger partial charge in [0.25, 0.3) is 0 Å². The van der Waals surface area contributed by atoms with Crippen molar-refractivity contribution < 1.29 is 5.11 Å². The number of nitrogens with two attached hydrogens (primary N) is 2. The van der Waals surface area contributed by atoms with E-state index < -0.39 is 0 Å². The van der Waals surface area contributed by atoms with Gasteiger partial charge < -0.3 is 21.9 Å². The lowest BCUT2D eigenvalue weighted by Gasteiger charge is -2.26. The summed E-state index contributed by atoms with van der Waals surface area (Å²) in [5.41, 5.74) is 11.3. The van der Waals surface area contributed by atoms with Crippen molar-refractivity contribution in [3.05, 3.63) is 0 Å². The highest BCUT2D eigenvalue weighted by Crippen LogP contribution is 2.04. The fourth-order valence-electron chi connectivity index (χ4n) is 1.32. The first-order valence-corrected chi connectivity index (χ1v) is 4.43. The zero-order valence-corrected chi connectivity index (χ0v) is 7.96. The van der Waals surface area contributed by atoms with Crippen LogP contribution >= 0.6 is 0 Å². The van der Waals surface area contributed by atoms with Gasteiger partial charge in [-0.3, -0.25) is 0 Å². The van der Waals surface area contributed by atoms with Gasteiger partial charge in [0.05, 0.1) is 6.61 Å². The van der Waals surface area contributed by atoms with Gasteiger partial charge in [0, 0.05) is 24.5 Å². The van der Waals surface area contributed by atoms with Crippen molar-refractivity contribution in [3.63, 3.8) is 0 Å². The third-order valence-corrected chi connectivity index (χ3v) is 2.17. The average Bonchev–Trinajstić information content (AvgIpc) is 2.01. The van der Waals surface area contributed by atoms with Crippen LogP contribution in [-0.2, 0) is 0 Å². The van der Waals surface area contributed by atoms with Crippen LogP contribution in [0.15, 0.2) is 0 Å². The number of aliphatic hydroxyl groups is 1. The van der Waals surface area contributed by atoms with Crippen LogP contribution in [0, 0.1) is 5.92 Å². The molecule has 0 aromatic heterocycles. The number of rotatable bonds is 6. The molecule has 0 bridgehead atoms. The maximum absolute atomic E-state index is 8.58. The predicted molar refractivity (Wildman–Crippen MR) is 50.7 cm³/mol. The molecule has 0 saturated heterocycles. The third-order valence-electron chi connectivity index (χ3n) is 2.17. The highest BCUT2D eigenvalue weighted by Gasteiger charge is 2.18. The van der Waals surface area contributed by atoms with E-state index in [1.807, 2.05) is 13.8 Å². The van der Waals surface area contributed by atoms with Crippen LogP contribution in [0.2, 0.25) is 0 Å². The van der Waals surface area contributed by atoms with Crippen molar-refractivity contribution >= 4 is 0 Å². The lowest BCUT2D eigenvalue weighted by molar-refractivity contribution is 0.264. The van der Waals surface area contributed by atoms with Crippen LogP contribution in [-0.4, -0.2) is 36.9 Å². The van der Waals surface area contributed by atoms with Gasteiger partial charge in [-0.15, -0.1) is 0 Å². The van der Waals surface area contributed by atoms with E-state index in [1.54, 1.807) is 0 Å². The molecular weight excluding hydrogens is 154 g/mol. The molecule has 0 rings (SSSR count). The van der Waals surface area contributed by atoms with E-state index in [4.69, 9.17) is 16.6 Å². The molecule has 0 heterocycles. The Morgan fingerprint density at radius 3 is 2.33 bits per heavy atom. The Morgan fingerprint density at radius 1 is 1.42 bits per heavy atom. The Morgan fingerprint density at radius 2 is 2.00 bits per heavy atom. The average molecular weight is 175 g/mol. The summed E-state index contributed by atoms with van der Waals surface area (Å²) >= 11 is 0. The third kappa shape index (κ3) is 4.01. The molecule has 3 atom stereocenters. The predicted octanol–water partition coefficient (Wildman–Crippen LogP) is -1.12. The molecule has 0 aromatic rings. The molecule has 0 amide bonds. The molecule has 0 aliphatic heterocycles. The minimum Gasteiger partial charge on any atom is -0.395 e. The van der Waals surface area contributed by atoms with Gasteiger partial charge >= 0.3 is 0 Å². The molecule has 0 radical (unpaired) electrons. The number of aliphatic hydroxyl groups excluding tert-OH is 1. The summed E-state index contributed by atoms with van der Waals surface area (Å²) in [5, 5.41) is 11.7. The van der Waals surface area contributed by atoms with Gasteiger partial charge in [-0.2, -0.15) is 0 Å². The maximum atomic E-state index is 8.58. The van der Waals surface area contributed by atoms with Crippen molar-refractivity contribution in [1.82, 2.24) is 5.32 Å². The molecule has 0 fully saturated rings. The van der Waals surface area contributed by atoms with E-state index in [9.17, 15) is 0 Å². The summed E-state index contributed by atoms with van der Waals surface area (Å²) in [7, 11) is 0. The molecule has 0 aliphatic rings. The molecule has 6 N–H and O–H groups in total. The van der Waals surface area contributed by atoms with Crippen LogP contribution in [0.3, 0.4) is 0 Å². The Hall–Kier alpha value is -0.160. The van der Waals surface area contributed by atoms with Gasteiger partial charge in [-0.1, -0.05) is 0 Å². The van der Waals surface area contributed by atoms with Crippen molar-refractivity contribution in [2.75, 3.05) is 19.7 Å². The van der Waals surface area contributed by atoms with Crippen LogP contribution in [0.25, 0.3) is 0 Å². The van der Waals surface area contributed by atoms with E-state index in [0.717, 1.165) is 0 Å². The molecular formula is C8H21N3O. The standard InChI is InChI=1S/C8H21N3O/c1-6(10)8(5-9)7(2)11-3-4-12/h6-8,11-12H,3-5,9-10H2,1-2H3/t6-,7?,8?/m0/s1. The molecule has 0 aromatic carbocycles. The van der Waals surface area contributed by atoms with Crippen LogP contribution in [0.1, 0.15) is 13.8 Å². The van der Waals surface area contributed by atoms with Gasteiger partial charge in [-0.05, 0) is 20.4 Å². The summed E-state index contributed by atoms with van der Waals surface area (Å²) in [6, 6.07) is 0.360. The highest BCUT2D eigenvalue weighted by molar-refractivity contribution is 4.79. The smallest absolute Gasteiger partial charge is 0.0556 e. The van der Waals surface area contributed by atoms with Crippen molar-refractivity contribution in [2.45, 2.75) is 25.9 Å². The molecule has 0 aliphatic carbocycles. The summed E-state index contributed by atoms with van der Waals surface area (Å²) in [6.07, 6.45) is 0. The van der Waals surface area contributed by atoms with Crippen LogP contribution in [0.4, 0.5) is 0 Å². The summed E-state index contributed by atoms with van der Waals surface area (Å²) in [4.78, 5) is 0. The van der Waals surface area contributed by atoms with E-state index in [0.29, 0.717) is 13.1 Å². The van der Waals surface area contributed by atoms with Gasteiger partial charge in [-0.25, -0.2) is 0 Å². The first kappa shape index (κ1) is 11.8. The van der Waals surface area contributed by atoms with E-state index in [2.05, 4.69) is 5.32 Å². The van der Waals surface area contributed by atoms with Gasteiger partial charge in [0.2, 0.25) is 0 Å². The Balaban J connectivity index is 3.77. The largest absolute Gasteiger partial charge is 0.395 e. The molecule has 0 spiro atoms. The Bertz CT molecular complexity index is 108. The zero-order valence-electron chi connectivity index (χ0n) is 7.96. The SMILES string of the molecule is CC(NCCO)C(CN)[C@H](C)N. The Kier molecular flexibility index (Phi) is 6.28. The van der Waals surface area contributed by atoms with Crippen molar-refractivity contribution in [3.8, 4) is 0 Å². The quantitative estimate of drug-likeness (QED) is 0.412. The normalized spacial score (nSPS) is 18.8. The highest BCUT2D eigenvalue weighted by atomic mass is 16.3. The second kappa shape index (κ2) is 6.37. The van der Waals surface area contributed by atoms with E-state index >= 15 is 0 Å². The first-order valence-electron chi connectivity index (χ1n) is 4.43. The number of hydrogen-bond donors (Lipinski definition) is 4. The monoisotopic (exact) mass is 175 g/mol. The minimum absolute atomic E-state index is 0.0937. The summed E-state index contributed by atoms with van der Waals surface area (Å²) in [6.45, 7) is 5.33. The van der Waals surface area contributed by atoms with Crippen LogP contribution < -0.4 is 16.8 Å². The molecule has 2 unspecified atom stereocenters. The fourth-order valence-corrected chi connectivity index (χ4v) is 1.32. The number of hydrogen-bond acceptors (Lipinski definition) is 4.